The van der Waals surface area contributed by atoms with Crippen LogP contribution in [0.15, 0.2) is 4.99 Å². The van der Waals surface area contributed by atoms with Crippen LogP contribution in [-0.4, -0.2) is 59.3 Å². The molecule has 11 heteroatoms. The normalized spacial score (nSPS) is 14.2. The maximum atomic E-state index is 12.0. The molecule has 0 aliphatic rings. The average Bonchev–Trinajstić information content (AvgIpc) is 2.46. The zero-order valence-corrected chi connectivity index (χ0v) is 13.8. The largest absolute Gasteiger partial charge is 0.480 e. The Morgan fingerprint density at radius 2 is 1.74 bits per heavy atom. The van der Waals surface area contributed by atoms with Crippen molar-refractivity contribution in [2.45, 2.75) is 37.9 Å². The predicted molar refractivity (Wildman–Crippen MR) is 88.9 cm³/mol. The van der Waals surface area contributed by atoms with Gasteiger partial charge < -0.3 is 32.9 Å². The maximum absolute atomic E-state index is 12.0. The van der Waals surface area contributed by atoms with E-state index < -0.39 is 35.9 Å². The lowest BCUT2D eigenvalue weighted by atomic mass is 10.1. The molecule has 0 rings (SSSR count). The van der Waals surface area contributed by atoms with Crippen LogP contribution in [0.25, 0.3) is 0 Å². The molecule has 0 fully saturated rings. The predicted octanol–water partition coefficient (Wildman–Crippen LogP) is -2.63. The molecule has 0 aromatic rings. The van der Waals surface area contributed by atoms with Crippen molar-refractivity contribution in [2.75, 3.05) is 12.3 Å². The highest BCUT2D eigenvalue weighted by Gasteiger charge is 2.26. The molecule has 0 spiro atoms. The SMILES string of the molecule is CC(N)C(=O)NC(CS)C(=O)NC(CCCN=C(N)N)C(=O)O. The van der Waals surface area contributed by atoms with Gasteiger partial charge in [-0.2, -0.15) is 12.6 Å². The lowest BCUT2D eigenvalue weighted by molar-refractivity contribution is -0.142. The van der Waals surface area contributed by atoms with Gasteiger partial charge >= 0.3 is 5.97 Å². The molecule has 0 aromatic carbocycles. The minimum atomic E-state index is -1.19. The molecule has 0 aliphatic carbocycles. The number of carboxylic acid groups (broad SMARTS) is 1. The minimum absolute atomic E-state index is 0.00460. The lowest BCUT2D eigenvalue weighted by Gasteiger charge is -2.20. The lowest BCUT2D eigenvalue weighted by Crippen LogP contribution is -2.54. The zero-order chi connectivity index (χ0) is 18.0. The Morgan fingerprint density at radius 1 is 1.17 bits per heavy atom. The van der Waals surface area contributed by atoms with Gasteiger partial charge in [0.15, 0.2) is 5.96 Å². The number of carbonyl (C=O) groups excluding carboxylic acids is 2. The van der Waals surface area contributed by atoms with Crippen molar-refractivity contribution in [3.8, 4) is 0 Å². The van der Waals surface area contributed by atoms with Crippen LogP contribution in [0.3, 0.4) is 0 Å². The van der Waals surface area contributed by atoms with Crippen molar-refractivity contribution in [3.63, 3.8) is 0 Å². The first-order valence-corrected chi connectivity index (χ1v) is 7.57. The number of nitrogens with two attached hydrogens (primary N) is 3. The van der Waals surface area contributed by atoms with Crippen LogP contribution < -0.4 is 27.8 Å². The quantitative estimate of drug-likeness (QED) is 0.0973. The van der Waals surface area contributed by atoms with Crippen LogP contribution in [0.4, 0.5) is 0 Å². The smallest absolute Gasteiger partial charge is 0.326 e. The summed E-state index contributed by atoms with van der Waals surface area (Å²) in [5, 5.41) is 13.9. The first kappa shape index (κ1) is 21.0. The highest BCUT2D eigenvalue weighted by molar-refractivity contribution is 7.80. The Hall–Kier alpha value is -2.01. The van der Waals surface area contributed by atoms with E-state index in [0.717, 1.165) is 0 Å². The number of carboxylic acids is 1. The van der Waals surface area contributed by atoms with Crippen LogP contribution in [0, 0.1) is 0 Å². The Labute approximate surface area is 139 Å². The van der Waals surface area contributed by atoms with Gasteiger partial charge in [0, 0.05) is 12.3 Å². The molecule has 23 heavy (non-hydrogen) atoms. The highest BCUT2D eigenvalue weighted by atomic mass is 32.1. The number of guanidine groups is 1. The Balaban J connectivity index is 4.60. The van der Waals surface area contributed by atoms with Gasteiger partial charge in [-0.15, -0.1) is 0 Å². The molecule has 0 heterocycles. The maximum Gasteiger partial charge on any atom is 0.326 e. The number of aliphatic imine (C=N–C) groups is 1. The number of nitrogens with one attached hydrogen (secondary N) is 2. The second-order valence-electron chi connectivity index (χ2n) is 4.88. The number of hydrogen-bond donors (Lipinski definition) is 7. The van der Waals surface area contributed by atoms with Crippen LogP contribution in [0.2, 0.25) is 0 Å². The van der Waals surface area contributed by atoms with E-state index in [1.54, 1.807) is 0 Å². The Bertz CT molecular complexity index is 453. The molecular weight excluding hydrogens is 324 g/mol. The first-order valence-electron chi connectivity index (χ1n) is 6.94. The van der Waals surface area contributed by atoms with E-state index in [9.17, 15) is 14.4 Å². The number of carbonyl (C=O) groups is 3. The van der Waals surface area contributed by atoms with Crippen molar-refractivity contribution in [1.29, 1.82) is 0 Å². The van der Waals surface area contributed by atoms with Crippen LogP contribution in [-0.2, 0) is 14.4 Å². The minimum Gasteiger partial charge on any atom is -0.480 e. The summed E-state index contributed by atoms with van der Waals surface area (Å²) in [5.41, 5.74) is 15.7. The molecule has 0 aliphatic heterocycles. The highest BCUT2D eigenvalue weighted by Crippen LogP contribution is 2.00. The molecular formula is C12H24N6O4S. The topological polar surface area (TPSA) is 186 Å². The van der Waals surface area contributed by atoms with Gasteiger partial charge in [-0.25, -0.2) is 4.79 Å². The van der Waals surface area contributed by atoms with Gasteiger partial charge in [0.25, 0.3) is 0 Å². The molecule has 3 unspecified atom stereocenters. The summed E-state index contributed by atoms with van der Waals surface area (Å²) < 4.78 is 0. The second-order valence-corrected chi connectivity index (χ2v) is 5.25. The third-order valence-corrected chi connectivity index (χ3v) is 3.15. The van der Waals surface area contributed by atoms with Crippen LogP contribution in [0.1, 0.15) is 19.8 Å². The number of amides is 2. The van der Waals surface area contributed by atoms with Crippen molar-refractivity contribution >= 4 is 36.4 Å². The van der Waals surface area contributed by atoms with Gasteiger partial charge in [-0.05, 0) is 19.8 Å². The van der Waals surface area contributed by atoms with E-state index in [4.69, 9.17) is 22.3 Å². The molecule has 10 nitrogen and oxygen atoms in total. The average molecular weight is 348 g/mol. The van der Waals surface area contributed by atoms with Gasteiger partial charge in [0.2, 0.25) is 11.8 Å². The summed E-state index contributed by atoms with van der Waals surface area (Å²) in [5.74, 6) is -2.46. The van der Waals surface area contributed by atoms with Crippen molar-refractivity contribution in [2.24, 2.45) is 22.2 Å². The summed E-state index contributed by atoms with van der Waals surface area (Å²) in [7, 11) is 0. The molecule has 9 N–H and O–H groups in total. The van der Waals surface area contributed by atoms with E-state index in [1.807, 2.05) is 0 Å². The summed E-state index contributed by atoms with van der Waals surface area (Å²) in [6.45, 7) is 1.71. The van der Waals surface area contributed by atoms with Gasteiger partial charge in [-0.1, -0.05) is 0 Å². The summed E-state index contributed by atoms with van der Waals surface area (Å²) in [6.07, 6.45) is 0.505. The first-order chi connectivity index (χ1) is 10.7. The Kier molecular flexibility index (Phi) is 9.74. The van der Waals surface area contributed by atoms with Crippen molar-refractivity contribution < 1.29 is 19.5 Å². The molecule has 2 amide bonds. The van der Waals surface area contributed by atoms with E-state index >= 15 is 0 Å². The van der Waals surface area contributed by atoms with Gasteiger partial charge in [0.05, 0.1) is 6.04 Å². The van der Waals surface area contributed by atoms with E-state index in [-0.39, 0.29) is 24.7 Å². The molecule has 0 bridgehead atoms. The van der Waals surface area contributed by atoms with Gasteiger partial charge in [-0.3, -0.25) is 14.6 Å². The fourth-order valence-corrected chi connectivity index (χ4v) is 1.79. The summed E-state index contributed by atoms with van der Waals surface area (Å²) >= 11 is 3.97. The molecule has 0 radical (unpaired) electrons. The number of rotatable bonds is 10. The van der Waals surface area contributed by atoms with E-state index in [1.165, 1.54) is 6.92 Å². The fraction of sp³-hybridized carbons (Fsp3) is 0.667. The van der Waals surface area contributed by atoms with E-state index in [2.05, 4.69) is 28.3 Å². The number of hydrogen-bond acceptors (Lipinski definition) is 6. The zero-order valence-electron chi connectivity index (χ0n) is 12.9. The third kappa shape index (κ3) is 8.88. The van der Waals surface area contributed by atoms with Crippen molar-refractivity contribution in [1.82, 2.24) is 10.6 Å². The molecule has 0 saturated heterocycles. The molecule has 0 saturated carbocycles. The second kappa shape index (κ2) is 10.7. The Morgan fingerprint density at radius 3 is 2.17 bits per heavy atom. The van der Waals surface area contributed by atoms with Crippen LogP contribution in [0.5, 0.6) is 0 Å². The summed E-state index contributed by atoms with van der Waals surface area (Å²) in [6, 6.07) is -2.89. The monoisotopic (exact) mass is 348 g/mol. The third-order valence-electron chi connectivity index (χ3n) is 2.79. The molecule has 132 valence electrons. The van der Waals surface area contributed by atoms with Gasteiger partial charge in [0.1, 0.15) is 12.1 Å². The number of thiol groups is 1. The summed E-state index contributed by atoms with van der Waals surface area (Å²) in [4.78, 5) is 38.5. The standard InChI is InChI=1S/C12H24N6O4S/c1-6(13)9(19)18-8(5-23)10(20)17-7(11(21)22)3-2-4-16-12(14)15/h6-8,23H,2-5,13H2,1H3,(H,17,20)(H,18,19)(H,21,22)(H4,14,15,16). The molecule has 0 aromatic heterocycles. The fourth-order valence-electron chi connectivity index (χ4n) is 1.53. The van der Waals surface area contributed by atoms with E-state index in [0.29, 0.717) is 6.42 Å². The molecule has 3 atom stereocenters. The number of aliphatic carboxylic acids is 1. The number of nitrogens with zero attached hydrogens (tertiary/aromatic N) is 1. The van der Waals surface area contributed by atoms with Crippen LogP contribution >= 0.6 is 12.6 Å². The van der Waals surface area contributed by atoms with Crippen molar-refractivity contribution in [3.05, 3.63) is 0 Å².